The summed E-state index contributed by atoms with van der Waals surface area (Å²) in [7, 11) is 0. The van der Waals surface area contributed by atoms with Gasteiger partial charge in [0.15, 0.2) is 0 Å². The van der Waals surface area contributed by atoms with Crippen LogP contribution in [0.15, 0.2) is 83.9 Å². The molecular weight excluding hydrogens is 491 g/mol. The van der Waals surface area contributed by atoms with Crippen molar-refractivity contribution in [3.8, 4) is 5.69 Å². The van der Waals surface area contributed by atoms with Gasteiger partial charge < -0.3 is 11.1 Å². The predicted molar refractivity (Wildman–Crippen MR) is 154 cm³/mol. The molecule has 4 N–H and O–H groups in total. The zero-order valence-electron chi connectivity index (χ0n) is 22.0. The van der Waals surface area contributed by atoms with E-state index in [1.54, 1.807) is 10.6 Å². The lowest BCUT2D eigenvalue weighted by Gasteiger charge is -2.21. The Labute approximate surface area is 225 Å². The van der Waals surface area contributed by atoms with E-state index in [0.29, 0.717) is 22.5 Å². The molecule has 0 radical (unpaired) electrons. The predicted octanol–water partition coefficient (Wildman–Crippen LogP) is 5.96. The molecule has 0 aliphatic heterocycles. The minimum Gasteiger partial charge on any atom is -0.383 e. The van der Waals surface area contributed by atoms with Gasteiger partial charge in [-0.3, -0.25) is 14.8 Å². The van der Waals surface area contributed by atoms with E-state index in [-0.39, 0.29) is 35.1 Å². The maximum absolute atomic E-state index is 14.0. The van der Waals surface area contributed by atoms with E-state index in [4.69, 9.17) is 11.1 Å². The van der Waals surface area contributed by atoms with Crippen LogP contribution in [-0.4, -0.2) is 20.2 Å². The number of aromatic nitrogens is 3. The van der Waals surface area contributed by atoms with Crippen LogP contribution in [0.3, 0.4) is 0 Å². The van der Waals surface area contributed by atoms with Crippen molar-refractivity contribution in [3.05, 3.63) is 123 Å². The molecule has 5 rings (SSSR count). The number of aryl methyl sites for hydroxylation is 1. The van der Waals surface area contributed by atoms with Crippen molar-refractivity contribution < 1.29 is 4.39 Å². The van der Waals surface area contributed by atoms with Crippen LogP contribution in [0.25, 0.3) is 16.5 Å². The van der Waals surface area contributed by atoms with Crippen LogP contribution >= 0.6 is 0 Å². The lowest BCUT2D eigenvalue weighted by Crippen LogP contribution is -2.25. The van der Waals surface area contributed by atoms with Gasteiger partial charge in [-0.1, -0.05) is 62.4 Å². The maximum Gasteiger partial charge on any atom is 0.263 e. The number of para-hydroxylation sites is 1. The summed E-state index contributed by atoms with van der Waals surface area (Å²) < 4.78 is 15.6. The van der Waals surface area contributed by atoms with E-state index in [1.165, 1.54) is 24.5 Å². The van der Waals surface area contributed by atoms with Gasteiger partial charge in [-0.15, -0.1) is 0 Å². The van der Waals surface area contributed by atoms with Crippen LogP contribution in [0.4, 0.5) is 16.0 Å². The minimum absolute atomic E-state index is 0.00761. The smallest absolute Gasteiger partial charge is 0.263 e. The Morgan fingerprint density at radius 2 is 1.82 bits per heavy atom. The molecule has 39 heavy (non-hydrogen) atoms. The van der Waals surface area contributed by atoms with Crippen molar-refractivity contribution in [2.45, 2.75) is 33.2 Å². The van der Waals surface area contributed by atoms with Gasteiger partial charge in [0, 0.05) is 11.3 Å². The summed E-state index contributed by atoms with van der Waals surface area (Å²) in [6.07, 6.45) is 1.31. The summed E-state index contributed by atoms with van der Waals surface area (Å²) in [4.78, 5) is 22.4. The molecule has 196 valence electrons. The summed E-state index contributed by atoms with van der Waals surface area (Å²) in [5.41, 5.74) is 10.2. The second kappa shape index (κ2) is 10.5. The topological polar surface area (TPSA) is 110 Å². The molecule has 0 aliphatic carbocycles. The van der Waals surface area contributed by atoms with Crippen molar-refractivity contribution in [1.29, 1.82) is 5.41 Å². The molecule has 2 aromatic heterocycles. The third-order valence-electron chi connectivity index (χ3n) is 6.81. The Hall–Kier alpha value is -4.85. The molecule has 8 heteroatoms. The number of anilines is 2. The largest absolute Gasteiger partial charge is 0.383 e. The number of nitrogen functional groups attached to an aromatic ring is 1. The first kappa shape index (κ1) is 25.8. The molecule has 0 atom stereocenters. The van der Waals surface area contributed by atoms with Gasteiger partial charge in [-0.05, 0) is 53.6 Å². The summed E-state index contributed by atoms with van der Waals surface area (Å²) in [6.45, 7) is 6.35. The third-order valence-corrected chi connectivity index (χ3v) is 6.81. The zero-order valence-corrected chi connectivity index (χ0v) is 22.0. The Morgan fingerprint density at radius 3 is 2.59 bits per heavy atom. The van der Waals surface area contributed by atoms with E-state index in [2.05, 4.69) is 29.1 Å². The molecule has 2 heterocycles. The van der Waals surface area contributed by atoms with E-state index >= 15 is 0 Å². The van der Waals surface area contributed by atoms with Gasteiger partial charge >= 0.3 is 0 Å². The van der Waals surface area contributed by atoms with Crippen molar-refractivity contribution in [3.63, 3.8) is 0 Å². The van der Waals surface area contributed by atoms with Gasteiger partial charge in [0.05, 0.1) is 28.9 Å². The lowest BCUT2D eigenvalue weighted by molar-refractivity contribution is 0.627. The van der Waals surface area contributed by atoms with Crippen molar-refractivity contribution in [2.75, 3.05) is 11.1 Å². The highest BCUT2D eigenvalue weighted by Gasteiger charge is 2.19. The average Bonchev–Trinajstić information content (AvgIpc) is 2.91. The van der Waals surface area contributed by atoms with Gasteiger partial charge in [0.2, 0.25) is 0 Å². The molecule has 0 saturated heterocycles. The number of nitrogens with two attached hydrogens (primary N) is 1. The van der Waals surface area contributed by atoms with Crippen LogP contribution in [0.1, 0.15) is 47.7 Å². The zero-order chi connectivity index (χ0) is 27.7. The molecule has 3 aromatic carbocycles. The summed E-state index contributed by atoms with van der Waals surface area (Å²) in [5.74, 6) is 0.152. The van der Waals surface area contributed by atoms with Crippen LogP contribution in [0.2, 0.25) is 0 Å². The maximum atomic E-state index is 14.0. The lowest BCUT2D eigenvalue weighted by atomic mass is 9.99. The first-order valence-electron chi connectivity index (χ1n) is 12.7. The number of pyridine rings is 1. The molecule has 0 amide bonds. The third kappa shape index (κ3) is 4.88. The quantitative estimate of drug-likeness (QED) is 0.229. The molecule has 0 aliphatic rings. The Kier molecular flexibility index (Phi) is 6.94. The number of benzene rings is 3. The molecule has 7 nitrogen and oxygen atoms in total. The van der Waals surface area contributed by atoms with Crippen molar-refractivity contribution in [2.24, 2.45) is 0 Å². The first-order chi connectivity index (χ1) is 18.8. The molecule has 0 saturated carbocycles. The molecule has 0 fully saturated rings. The molecular formula is C31H29FN6O. The Bertz CT molecular complexity index is 1780. The molecule has 0 unspecified atom stereocenters. The highest BCUT2D eigenvalue weighted by atomic mass is 19.1. The fraction of sp³-hybridized carbons (Fsp3) is 0.161. The number of fused-ring (bicyclic) bond motifs is 1. The number of nitrogens with one attached hydrogen (secondary N) is 2. The standard InChI is InChI=1S/C31H29FN6O/c1-18(2)24-12-4-5-13-25(24)38-23(15-20-9-6-8-19(3)26(20)31(38)39)16-35-30-27(29(34)36-17-37-30)28(33)21-10-7-11-22(32)14-21/h4-15,17-18,33H,16H2,1-3H3,(H3,34,35,36,37). The second-order valence-corrected chi connectivity index (χ2v) is 9.75. The number of hydrogen-bond donors (Lipinski definition) is 3. The summed E-state index contributed by atoms with van der Waals surface area (Å²) in [6, 6.07) is 21.4. The van der Waals surface area contributed by atoms with Crippen LogP contribution in [0.5, 0.6) is 0 Å². The van der Waals surface area contributed by atoms with Gasteiger partial charge in [-0.2, -0.15) is 0 Å². The minimum atomic E-state index is -0.457. The van der Waals surface area contributed by atoms with Gasteiger partial charge in [0.1, 0.15) is 23.8 Å². The highest BCUT2D eigenvalue weighted by molar-refractivity contribution is 6.16. The fourth-order valence-corrected chi connectivity index (χ4v) is 4.91. The number of nitrogens with zero attached hydrogens (tertiary/aromatic N) is 3. The van der Waals surface area contributed by atoms with Crippen LogP contribution < -0.4 is 16.6 Å². The summed E-state index contributed by atoms with van der Waals surface area (Å²) >= 11 is 0. The SMILES string of the molecule is Cc1cccc2cc(CNc3ncnc(N)c3C(=N)c3cccc(F)c3)n(-c3ccccc3C(C)C)c(=O)c12. The van der Waals surface area contributed by atoms with Crippen LogP contribution in [-0.2, 0) is 6.54 Å². The fourth-order valence-electron chi connectivity index (χ4n) is 4.91. The van der Waals surface area contributed by atoms with Crippen molar-refractivity contribution in [1.82, 2.24) is 14.5 Å². The Balaban J connectivity index is 1.64. The Morgan fingerprint density at radius 1 is 1.05 bits per heavy atom. The van der Waals surface area contributed by atoms with E-state index < -0.39 is 5.82 Å². The monoisotopic (exact) mass is 520 g/mol. The first-order valence-corrected chi connectivity index (χ1v) is 12.7. The van der Waals surface area contributed by atoms with E-state index in [9.17, 15) is 9.18 Å². The van der Waals surface area contributed by atoms with Crippen LogP contribution in [0, 0.1) is 18.2 Å². The molecule has 0 bridgehead atoms. The molecule has 5 aromatic rings. The van der Waals surface area contributed by atoms with E-state index in [0.717, 1.165) is 22.2 Å². The molecule has 0 spiro atoms. The number of rotatable bonds is 7. The average molecular weight is 521 g/mol. The second-order valence-electron chi connectivity index (χ2n) is 9.75. The normalized spacial score (nSPS) is 11.2. The number of halogens is 1. The van der Waals surface area contributed by atoms with Crippen molar-refractivity contribution >= 4 is 28.1 Å². The van der Waals surface area contributed by atoms with Gasteiger partial charge in [-0.25, -0.2) is 14.4 Å². The van der Waals surface area contributed by atoms with Gasteiger partial charge in [0.25, 0.3) is 5.56 Å². The number of hydrogen-bond acceptors (Lipinski definition) is 6. The highest BCUT2D eigenvalue weighted by Crippen LogP contribution is 2.27. The summed E-state index contributed by atoms with van der Waals surface area (Å²) in [5, 5.41) is 13.5. The van der Waals surface area contributed by atoms with E-state index in [1.807, 2.05) is 55.5 Å².